The lowest BCUT2D eigenvalue weighted by Crippen LogP contribution is -2.03. The average Bonchev–Trinajstić information content (AvgIpc) is 2.87. The lowest BCUT2D eigenvalue weighted by Gasteiger charge is -2.04. The zero-order valence-electron chi connectivity index (χ0n) is 11.1. The number of hydrogen-bond acceptors (Lipinski definition) is 2. The van der Waals surface area contributed by atoms with E-state index in [1.54, 1.807) is 18.2 Å². The van der Waals surface area contributed by atoms with Gasteiger partial charge in [-0.05, 0) is 42.0 Å². The normalized spacial score (nSPS) is 12.4. The molecule has 6 heteroatoms. The van der Waals surface area contributed by atoms with Crippen molar-refractivity contribution in [2.75, 3.05) is 0 Å². The molecule has 0 fully saturated rings. The Kier molecular flexibility index (Phi) is 3.93. The smallest absolute Gasteiger partial charge is 0.237 e. The maximum atomic E-state index is 12.7. The van der Waals surface area contributed by atoms with Gasteiger partial charge in [0.1, 0.15) is 5.01 Å². The Labute approximate surface area is 133 Å². The quantitative estimate of drug-likeness (QED) is 0.546. The Balaban J connectivity index is 1.90. The van der Waals surface area contributed by atoms with Crippen LogP contribution in [0.25, 0.3) is 22.4 Å². The first-order chi connectivity index (χ1) is 10.4. The number of hydrogen-bond donors (Lipinski definition) is 0. The van der Waals surface area contributed by atoms with Crippen LogP contribution in [0.5, 0.6) is 0 Å². The van der Waals surface area contributed by atoms with E-state index >= 15 is 0 Å². The predicted octanol–water partition coefficient (Wildman–Crippen LogP) is 6.14. The number of aromatic nitrogens is 1. The van der Waals surface area contributed by atoms with Crippen LogP contribution in [0.4, 0.5) is 13.2 Å². The third kappa shape index (κ3) is 3.31. The molecule has 0 aliphatic heterocycles. The summed E-state index contributed by atoms with van der Waals surface area (Å²) in [5, 5.41) is 1.31. The molecular formula is C16H9ClF3NS. The van der Waals surface area contributed by atoms with Gasteiger partial charge in [0.05, 0.1) is 15.8 Å². The molecule has 0 amide bonds. The van der Waals surface area contributed by atoms with E-state index in [9.17, 15) is 13.2 Å². The molecule has 0 spiro atoms. The summed E-state index contributed by atoms with van der Waals surface area (Å²) in [4.78, 5) is 4.23. The summed E-state index contributed by atoms with van der Waals surface area (Å²) in [5.74, 6) is 0. The number of nitrogens with zero attached hydrogens (tertiary/aromatic N) is 1. The van der Waals surface area contributed by atoms with E-state index in [0.717, 1.165) is 22.4 Å². The van der Waals surface area contributed by atoms with Crippen LogP contribution in [0.3, 0.4) is 0 Å². The van der Waals surface area contributed by atoms with Crippen molar-refractivity contribution < 1.29 is 13.2 Å². The summed E-state index contributed by atoms with van der Waals surface area (Å²) in [7, 11) is 0. The molecule has 3 rings (SSSR count). The Hall–Kier alpha value is -1.85. The highest BCUT2D eigenvalue weighted by atomic mass is 35.5. The minimum atomic E-state index is -4.35. The first-order valence-corrected chi connectivity index (χ1v) is 7.53. The number of halogens is 4. The van der Waals surface area contributed by atoms with Crippen molar-refractivity contribution in [1.82, 2.24) is 4.98 Å². The van der Waals surface area contributed by atoms with Gasteiger partial charge in [0, 0.05) is 5.02 Å². The van der Waals surface area contributed by atoms with E-state index < -0.39 is 11.7 Å². The second-order valence-corrected chi connectivity index (χ2v) is 6.12. The Bertz CT molecular complexity index is 835. The highest BCUT2D eigenvalue weighted by molar-refractivity contribution is 7.19. The summed E-state index contributed by atoms with van der Waals surface area (Å²) < 4.78 is 38.8. The third-order valence-corrected chi connectivity index (χ3v) is 4.27. The Morgan fingerprint density at radius 2 is 1.73 bits per heavy atom. The fraction of sp³-hybridized carbons (Fsp3) is 0.0625. The fourth-order valence-electron chi connectivity index (χ4n) is 1.93. The van der Waals surface area contributed by atoms with Crippen LogP contribution in [0, 0.1) is 0 Å². The molecule has 0 saturated carbocycles. The summed E-state index contributed by atoms with van der Waals surface area (Å²) in [6, 6.07) is 10.9. The monoisotopic (exact) mass is 339 g/mol. The molecule has 22 heavy (non-hydrogen) atoms. The SMILES string of the molecule is FC(F)(F)c1ccc2sc(C=Cc3ccc(Cl)cc3)nc2c1. The number of fused-ring (bicyclic) bond motifs is 1. The van der Waals surface area contributed by atoms with Crippen molar-refractivity contribution in [3.8, 4) is 0 Å². The molecule has 2 aromatic carbocycles. The van der Waals surface area contributed by atoms with Gasteiger partial charge in [0.25, 0.3) is 0 Å². The summed E-state index contributed by atoms with van der Waals surface area (Å²) >= 11 is 7.16. The lowest BCUT2D eigenvalue weighted by atomic mass is 10.2. The molecular weight excluding hydrogens is 331 g/mol. The predicted molar refractivity (Wildman–Crippen MR) is 85.0 cm³/mol. The summed E-state index contributed by atoms with van der Waals surface area (Å²) in [6.45, 7) is 0. The van der Waals surface area contributed by atoms with Crippen molar-refractivity contribution in [3.05, 3.63) is 63.6 Å². The standard InChI is InChI=1S/C16H9ClF3NS/c17-12-5-1-10(2-6-12)3-8-15-21-13-9-11(16(18,19)20)4-7-14(13)22-15/h1-9H. The number of rotatable bonds is 2. The highest BCUT2D eigenvalue weighted by Crippen LogP contribution is 2.33. The van der Waals surface area contributed by atoms with Gasteiger partial charge < -0.3 is 0 Å². The zero-order valence-corrected chi connectivity index (χ0v) is 12.6. The van der Waals surface area contributed by atoms with Crippen molar-refractivity contribution in [3.63, 3.8) is 0 Å². The molecule has 0 N–H and O–H groups in total. The van der Waals surface area contributed by atoms with E-state index in [0.29, 0.717) is 15.5 Å². The van der Waals surface area contributed by atoms with Crippen molar-refractivity contribution in [2.45, 2.75) is 6.18 Å². The van der Waals surface area contributed by atoms with Gasteiger partial charge in [-0.3, -0.25) is 0 Å². The number of benzene rings is 2. The minimum absolute atomic E-state index is 0.357. The molecule has 0 radical (unpaired) electrons. The Morgan fingerprint density at radius 1 is 1.00 bits per heavy atom. The van der Waals surface area contributed by atoms with Crippen molar-refractivity contribution in [2.24, 2.45) is 0 Å². The first kappa shape index (κ1) is 15.1. The molecule has 0 unspecified atom stereocenters. The zero-order chi connectivity index (χ0) is 15.7. The van der Waals surface area contributed by atoms with Gasteiger partial charge in [-0.1, -0.05) is 29.8 Å². The fourth-order valence-corrected chi connectivity index (χ4v) is 2.91. The molecule has 0 aliphatic rings. The van der Waals surface area contributed by atoms with Gasteiger partial charge in [-0.2, -0.15) is 13.2 Å². The lowest BCUT2D eigenvalue weighted by molar-refractivity contribution is -0.137. The van der Waals surface area contributed by atoms with Crippen LogP contribution in [0.1, 0.15) is 16.1 Å². The van der Waals surface area contributed by atoms with Gasteiger partial charge in [-0.25, -0.2) is 4.98 Å². The molecule has 3 aromatic rings. The Morgan fingerprint density at radius 3 is 2.41 bits per heavy atom. The van der Waals surface area contributed by atoms with E-state index in [-0.39, 0.29) is 0 Å². The molecule has 1 nitrogen and oxygen atoms in total. The maximum absolute atomic E-state index is 12.7. The largest absolute Gasteiger partial charge is 0.416 e. The van der Waals surface area contributed by atoms with Gasteiger partial charge in [0.15, 0.2) is 0 Å². The molecule has 1 aromatic heterocycles. The van der Waals surface area contributed by atoms with Crippen molar-refractivity contribution in [1.29, 1.82) is 0 Å². The van der Waals surface area contributed by atoms with Gasteiger partial charge in [0.2, 0.25) is 0 Å². The molecule has 1 heterocycles. The highest BCUT2D eigenvalue weighted by Gasteiger charge is 2.30. The average molecular weight is 340 g/mol. The van der Waals surface area contributed by atoms with Gasteiger partial charge in [-0.15, -0.1) is 11.3 Å². The number of alkyl halides is 3. The topological polar surface area (TPSA) is 12.9 Å². The van der Waals surface area contributed by atoms with E-state index in [2.05, 4.69) is 4.98 Å². The molecule has 0 aliphatic carbocycles. The maximum Gasteiger partial charge on any atom is 0.416 e. The van der Waals surface area contributed by atoms with Crippen LogP contribution in [0.15, 0.2) is 42.5 Å². The van der Waals surface area contributed by atoms with Gasteiger partial charge >= 0.3 is 6.18 Å². The summed E-state index contributed by atoms with van der Waals surface area (Å²) in [6.07, 6.45) is -0.725. The van der Waals surface area contributed by atoms with E-state index in [1.165, 1.54) is 17.4 Å². The van der Waals surface area contributed by atoms with Crippen LogP contribution < -0.4 is 0 Å². The van der Waals surface area contributed by atoms with E-state index in [4.69, 9.17) is 11.6 Å². The van der Waals surface area contributed by atoms with Crippen LogP contribution in [0.2, 0.25) is 5.02 Å². The van der Waals surface area contributed by atoms with Crippen LogP contribution in [-0.4, -0.2) is 4.98 Å². The first-order valence-electron chi connectivity index (χ1n) is 6.33. The van der Waals surface area contributed by atoms with Crippen LogP contribution in [-0.2, 0) is 6.18 Å². The second-order valence-electron chi connectivity index (χ2n) is 4.62. The number of thiazole rings is 1. The summed E-state index contributed by atoms with van der Waals surface area (Å²) in [5.41, 5.74) is 0.619. The third-order valence-electron chi connectivity index (χ3n) is 3.02. The van der Waals surface area contributed by atoms with Crippen LogP contribution >= 0.6 is 22.9 Å². The minimum Gasteiger partial charge on any atom is -0.237 e. The second kappa shape index (κ2) is 5.74. The molecule has 0 atom stereocenters. The van der Waals surface area contributed by atoms with E-state index in [1.807, 2.05) is 18.2 Å². The molecule has 0 saturated heterocycles. The molecule has 112 valence electrons. The molecule has 0 bridgehead atoms. The van der Waals surface area contributed by atoms with Crippen molar-refractivity contribution >= 4 is 45.3 Å².